The SMILES string of the molecule is COc1ccc2nc(-c3ccc(OC)c4nc(C(F)(F)F)ccc34)n(C)c2c1. The second-order valence-corrected chi connectivity index (χ2v) is 6.25. The molecule has 0 spiro atoms. The molecule has 8 heteroatoms. The van der Waals surface area contributed by atoms with Gasteiger partial charge in [-0.3, -0.25) is 0 Å². The Morgan fingerprint density at radius 1 is 0.929 bits per heavy atom. The van der Waals surface area contributed by atoms with Crippen LogP contribution in [-0.2, 0) is 13.2 Å². The van der Waals surface area contributed by atoms with E-state index < -0.39 is 11.9 Å². The molecule has 0 fully saturated rings. The number of methoxy groups -OCH3 is 2. The van der Waals surface area contributed by atoms with E-state index in [2.05, 4.69) is 9.97 Å². The summed E-state index contributed by atoms with van der Waals surface area (Å²) in [5.74, 6) is 1.57. The number of alkyl halides is 3. The second kappa shape index (κ2) is 6.40. The first kappa shape index (κ1) is 18.1. The van der Waals surface area contributed by atoms with Crippen molar-refractivity contribution in [3.8, 4) is 22.9 Å². The van der Waals surface area contributed by atoms with E-state index in [1.54, 1.807) is 19.2 Å². The number of rotatable bonds is 3. The molecule has 0 unspecified atom stereocenters. The van der Waals surface area contributed by atoms with Crippen LogP contribution in [0, 0.1) is 0 Å². The summed E-state index contributed by atoms with van der Waals surface area (Å²) in [6.45, 7) is 0. The number of fused-ring (bicyclic) bond motifs is 2. The van der Waals surface area contributed by atoms with Crippen molar-refractivity contribution in [3.63, 3.8) is 0 Å². The molecule has 0 radical (unpaired) electrons. The Morgan fingerprint density at radius 2 is 1.71 bits per heavy atom. The minimum absolute atomic E-state index is 0.138. The zero-order chi connectivity index (χ0) is 20.1. The largest absolute Gasteiger partial charge is 0.497 e. The first-order valence-electron chi connectivity index (χ1n) is 8.39. The Balaban J connectivity index is 1.99. The number of ether oxygens (including phenoxy) is 2. The molecule has 0 N–H and O–H groups in total. The van der Waals surface area contributed by atoms with Gasteiger partial charge in [0.1, 0.15) is 28.5 Å². The molecule has 4 rings (SSSR count). The molecule has 0 saturated heterocycles. The van der Waals surface area contributed by atoms with Gasteiger partial charge in [-0.1, -0.05) is 0 Å². The molecule has 2 aromatic heterocycles. The molecule has 0 amide bonds. The monoisotopic (exact) mass is 387 g/mol. The van der Waals surface area contributed by atoms with Gasteiger partial charge in [-0.25, -0.2) is 9.97 Å². The van der Waals surface area contributed by atoms with Gasteiger partial charge in [0.25, 0.3) is 0 Å². The Hall–Kier alpha value is -3.29. The van der Waals surface area contributed by atoms with Crippen LogP contribution < -0.4 is 9.47 Å². The van der Waals surface area contributed by atoms with Crippen LogP contribution in [0.5, 0.6) is 11.5 Å². The number of nitrogens with zero attached hydrogens (tertiary/aromatic N) is 3. The number of hydrogen-bond donors (Lipinski definition) is 0. The molecule has 144 valence electrons. The van der Waals surface area contributed by atoms with Crippen LogP contribution in [0.25, 0.3) is 33.3 Å². The van der Waals surface area contributed by atoms with Crippen LogP contribution in [0.1, 0.15) is 5.69 Å². The van der Waals surface area contributed by atoms with E-state index in [0.717, 1.165) is 17.1 Å². The van der Waals surface area contributed by atoms with E-state index in [0.29, 0.717) is 22.5 Å². The van der Waals surface area contributed by atoms with Crippen molar-refractivity contribution < 1.29 is 22.6 Å². The molecule has 0 bridgehead atoms. The predicted octanol–water partition coefficient (Wildman–Crippen LogP) is 4.82. The van der Waals surface area contributed by atoms with Crippen LogP contribution in [-0.4, -0.2) is 28.8 Å². The lowest BCUT2D eigenvalue weighted by Gasteiger charge is -2.12. The molecule has 4 aromatic rings. The fourth-order valence-corrected chi connectivity index (χ4v) is 3.25. The van der Waals surface area contributed by atoms with Crippen molar-refractivity contribution in [2.24, 2.45) is 7.05 Å². The lowest BCUT2D eigenvalue weighted by Crippen LogP contribution is -2.08. The van der Waals surface area contributed by atoms with E-state index in [9.17, 15) is 13.2 Å². The molecular formula is C20H16F3N3O2. The molecule has 0 aliphatic rings. The van der Waals surface area contributed by atoms with Crippen molar-refractivity contribution in [2.75, 3.05) is 14.2 Å². The van der Waals surface area contributed by atoms with Crippen molar-refractivity contribution in [1.29, 1.82) is 0 Å². The third-order valence-corrected chi connectivity index (χ3v) is 4.66. The molecule has 2 heterocycles. The van der Waals surface area contributed by atoms with Crippen molar-refractivity contribution in [2.45, 2.75) is 6.18 Å². The summed E-state index contributed by atoms with van der Waals surface area (Å²) in [6.07, 6.45) is -4.54. The Kier molecular flexibility index (Phi) is 4.14. The standard InChI is InChI=1S/C20H16F3N3O2/c1-26-15-10-11(27-2)4-7-14(15)24-19(26)13-5-8-16(28-3)18-12(13)6-9-17(25-18)20(21,22)23/h4-10H,1-3H3. The van der Waals surface area contributed by atoms with E-state index in [1.165, 1.54) is 13.2 Å². The lowest BCUT2D eigenvalue weighted by molar-refractivity contribution is -0.140. The lowest BCUT2D eigenvalue weighted by atomic mass is 10.1. The highest BCUT2D eigenvalue weighted by molar-refractivity contribution is 5.98. The van der Waals surface area contributed by atoms with E-state index >= 15 is 0 Å². The van der Waals surface area contributed by atoms with Crippen molar-refractivity contribution in [1.82, 2.24) is 14.5 Å². The molecule has 0 aliphatic carbocycles. The molecule has 5 nitrogen and oxygen atoms in total. The van der Waals surface area contributed by atoms with Gasteiger partial charge < -0.3 is 14.0 Å². The minimum atomic E-state index is -4.54. The highest BCUT2D eigenvalue weighted by Crippen LogP contribution is 2.37. The van der Waals surface area contributed by atoms with E-state index in [1.807, 2.05) is 29.8 Å². The first-order valence-corrected chi connectivity index (χ1v) is 8.39. The predicted molar refractivity (Wildman–Crippen MR) is 99.6 cm³/mol. The zero-order valence-corrected chi connectivity index (χ0v) is 15.3. The molecule has 0 atom stereocenters. The quantitative estimate of drug-likeness (QED) is 0.506. The maximum atomic E-state index is 13.1. The van der Waals surface area contributed by atoms with Crippen LogP contribution >= 0.6 is 0 Å². The van der Waals surface area contributed by atoms with E-state index in [4.69, 9.17) is 9.47 Å². The van der Waals surface area contributed by atoms with Crippen LogP contribution in [0.3, 0.4) is 0 Å². The average Bonchev–Trinajstić information content (AvgIpc) is 3.01. The summed E-state index contributed by atoms with van der Waals surface area (Å²) in [7, 11) is 4.83. The van der Waals surface area contributed by atoms with Gasteiger partial charge in [0.15, 0.2) is 0 Å². The average molecular weight is 387 g/mol. The number of hydrogen-bond acceptors (Lipinski definition) is 4. The summed E-state index contributed by atoms with van der Waals surface area (Å²) in [4.78, 5) is 8.46. The number of aromatic nitrogens is 3. The van der Waals surface area contributed by atoms with Crippen molar-refractivity contribution >= 4 is 21.9 Å². The van der Waals surface area contributed by atoms with Crippen LogP contribution in [0.15, 0.2) is 42.5 Å². The fourth-order valence-electron chi connectivity index (χ4n) is 3.25. The van der Waals surface area contributed by atoms with Gasteiger partial charge in [0.2, 0.25) is 0 Å². The Morgan fingerprint density at radius 3 is 2.39 bits per heavy atom. The molecule has 0 aliphatic heterocycles. The van der Waals surface area contributed by atoms with Gasteiger partial charge in [-0.2, -0.15) is 13.2 Å². The van der Waals surface area contributed by atoms with Gasteiger partial charge in [-0.05, 0) is 36.4 Å². The minimum Gasteiger partial charge on any atom is -0.497 e. The van der Waals surface area contributed by atoms with Crippen molar-refractivity contribution in [3.05, 3.63) is 48.2 Å². The molecule has 28 heavy (non-hydrogen) atoms. The Bertz CT molecular complexity index is 1200. The number of benzene rings is 2. The summed E-state index contributed by atoms with van der Waals surface area (Å²) in [6, 6.07) is 11.3. The maximum absolute atomic E-state index is 13.1. The number of pyridine rings is 1. The zero-order valence-electron chi connectivity index (χ0n) is 15.3. The third-order valence-electron chi connectivity index (χ3n) is 4.66. The highest BCUT2D eigenvalue weighted by Gasteiger charge is 2.33. The maximum Gasteiger partial charge on any atom is 0.433 e. The second-order valence-electron chi connectivity index (χ2n) is 6.25. The molecular weight excluding hydrogens is 371 g/mol. The van der Waals surface area contributed by atoms with Gasteiger partial charge in [0.05, 0.1) is 25.3 Å². The van der Waals surface area contributed by atoms with Gasteiger partial charge >= 0.3 is 6.18 Å². The van der Waals surface area contributed by atoms with E-state index in [-0.39, 0.29) is 11.3 Å². The number of imidazole rings is 1. The van der Waals surface area contributed by atoms with Crippen LogP contribution in [0.2, 0.25) is 0 Å². The summed E-state index contributed by atoms with van der Waals surface area (Å²) in [5, 5.41) is 0.526. The van der Waals surface area contributed by atoms with Gasteiger partial charge in [0, 0.05) is 24.1 Å². The topological polar surface area (TPSA) is 49.2 Å². The summed E-state index contributed by atoms with van der Waals surface area (Å²) < 4.78 is 51.7. The number of aryl methyl sites for hydroxylation is 1. The highest BCUT2D eigenvalue weighted by atomic mass is 19.4. The summed E-state index contributed by atoms with van der Waals surface area (Å²) >= 11 is 0. The van der Waals surface area contributed by atoms with Gasteiger partial charge in [-0.15, -0.1) is 0 Å². The summed E-state index contributed by atoms with van der Waals surface area (Å²) in [5.41, 5.74) is 1.43. The smallest absolute Gasteiger partial charge is 0.433 e. The molecule has 0 saturated carbocycles. The normalized spacial score (nSPS) is 11.9. The third kappa shape index (κ3) is 2.81. The fraction of sp³-hybridized carbons (Fsp3) is 0.200. The number of halogens is 3. The first-order chi connectivity index (χ1) is 13.3. The Labute approximate surface area is 158 Å². The van der Waals surface area contributed by atoms with Crippen LogP contribution in [0.4, 0.5) is 13.2 Å². The molecule has 2 aromatic carbocycles.